The van der Waals surface area contributed by atoms with Crippen LogP contribution in [0.3, 0.4) is 0 Å². The fraction of sp³-hybridized carbons (Fsp3) is 0.500. The molecule has 0 spiro atoms. The number of benzene rings is 1. The van der Waals surface area contributed by atoms with Gasteiger partial charge in [-0.25, -0.2) is 9.78 Å². The Hall–Kier alpha value is -2.41. The van der Waals surface area contributed by atoms with Crippen LogP contribution in [0.1, 0.15) is 66.3 Å². The summed E-state index contributed by atoms with van der Waals surface area (Å²) in [4.78, 5) is 34.5. The molecule has 6 nitrogen and oxygen atoms in total. The maximum atomic E-state index is 13.3. The summed E-state index contributed by atoms with van der Waals surface area (Å²) in [6.07, 6.45) is 1.91. The van der Waals surface area contributed by atoms with Crippen LogP contribution in [0.4, 0.5) is 10.8 Å². The highest BCUT2D eigenvalue weighted by Crippen LogP contribution is 2.37. The van der Waals surface area contributed by atoms with E-state index in [0.717, 1.165) is 25.1 Å². The lowest BCUT2D eigenvalue weighted by atomic mass is 10.1. The molecular formula is C22H29N3O3S. The first kappa shape index (κ1) is 21.3. The summed E-state index contributed by atoms with van der Waals surface area (Å²) in [5.74, 6) is -0.453. The topological polar surface area (TPSA) is 62.7 Å². The number of nitrogens with zero attached hydrogens (tertiary/aromatic N) is 3. The Morgan fingerprint density at radius 2 is 1.86 bits per heavy atom. The van der Waals surface area contributed by atoms with Gasteiger partial charge in [-0.15, -0.1) is 0 Å². The average Bonchev–Trinajstić information content (AvgIpc) is 3.44. The molecule has 1 aliphatic carbocycles. The van der Waals surface area contributed by atoms with E-state index in [2.05, 4.69) is 30.7 Å². The van der Waals surface area contributed by atoms with E-state index in [1.807, 2.05) is 24.3 Å². The number of carbonyl (C=O) groups is 2. The molecule has 1 aromatic heterocycles. The van der Waals surface area contributed by atoms with Gasteiger partial charge in [0.1, 0.15) is 4.88 Å². The Labute approximate surface area is 176 Å². The number of hydrogen-bond acceptors (Lipinski definition) is 6. The summed E-state index contributed by atoms with van der Waals surface area (Å²) in [5, 5.41) is 0.569. The lowest BCUT2D eigenvalue weighted by Gasteiger charge is -2.27. The summed E-state index contributed by atoms with van der Waals surface area (Å²) >= 11 is 1.23. The molecule has 0 atom stereocenters. The first-order chi connectivity index (χ1) is 13.9. The molecule has 29 heavy (non-hydrogen) atoms. The monoisotopic (exact) mass is 415 g/mol. The number of anilines is 2. The number of esters is 1. The normalized spacial score (nSPS) is 13.4. The summed E-state index contributed by atoms with van der Waals surface area (Å²) < 4.78 is 5.11. The second-order valence-electron chi connectivity index (χ2n) is 7.46. The van der Waals surface area contributed by atoms with E-state index in [4.69, 9.17) is 4.74 Å². The third-order valence-electron chi connectivity index (χ3n) is 4.99. The number of amides is 1. The lowest BCUT2D eigenvalue weighted by molar-refractivity contribution is 0.0531. The van der Waals surface area contributed by atoms with Gasteiger partial charge in [0.2, 0.25) is 0 Å². The number of thiazole rings is 1. The van der Waals surface area contributed by atoms with E-state index in [1.54, 1.807) is 18.7 Å². The van der Waals surface area contributed by atoms with Crippen molar-refractivity contribution < 1.29 is 14.3 Å². The standard InChI is InChI=1S/C22H29N3O3S/c1-6-24(14(3)4)17-10-8-16(9-11-17)20(26)25(18-12-13-18)22-23-15(5)19(29-22)21(27)28-7-2/h8-11,14,18H,6-7,12-13H2,1-5H3. The minimum Gasteiger partial charge on any atom is -0.462 e. The van der Waals surface area contributed by atoms with E-state index in [0.29, 0.717) is 33.9 Å². The lowest BCUT2D eigenvalue weighted by Crippen LogP contribution is -2.33. The molecule has 0 aliphatic heterocycles. The number of carbonyl (C=O) groups excluding carboxylic acids is 2. The largest absolute Gasteiger partial charge is 0.462 e. The van der Waals surface area contributed by atoms with Crippen molar-refractivity contribution in [3.05, 3.63) is 40.4 Å². The van der Waals surface area contributed by atoms with Gasteiger partial charge in [0.05, 0.1) is 12.3 Å². The van der Waals surface area contributed by atoms with Gasteiger partial charge in [-0.1, -0.05) is 11.3 Å². The van der Waals surface area contributed by atoms with Crippen LogP contribution in [0.15, 0.2) is 24.3 Å². The molecule has 1 heterocycles. The van der Waals surface area contributed by atoms with Crippen molar-refractivity contribution in [2.45, 2.75) is 59.5 Å². The number of aryl methyl sites for hydroxylation is 1. The molecule has 1 amide bonds. The number of hydrogen-bond donors (Lipinski definition) is 0. The van der Waals surface area contributed by atoms with Gasteiger partial charge in [-0.05, 0) is 71.7 Å². The molecule has 1 saturated carbocycles. The zero-order chi connectivity index (χ0) is 21.1. The van der Waals surface area contributed by atoms with Gasteiger partial charge in [0, 0.05) is 29.9 Å². The second kappa shape index (κ2) is 8.95. The van der Waals surface area contributed by atoms with Gasteiger partial charge in [-0.3, -0.25) is 9.69 Å². The van der Waals surface area contributed by atoms with Crippen LogP contribution in [0.5, 0.6) is 0 Å². The fourth-order valence-electron chi connectivity index (χ4n) is 3.39. The van der Waals surface area contributed by atoms with Crippen LogP contribution >= 0.6 is 11.3 Å². The minimum absolute atomic E-state index is 0.0733. The molecule has 1 aliphatic rings. The Bertz CT molecular complexity index is 872. The van der Waals surface area contributed by atoms with E-state index < -0.39 is 0 Å². The van der Waals surface area contributed by atoms with Crippen molar-refractivity contribution in [1.29, 1.82) is 0 Å². The zero-order valence-corrected chi connectivity index (χ0v) is 18.6. The predicted molar refractivity (Wildman–Crippen MR) is 117 cm³/mol. The highest BCUT2D eigenvalue weighted by molar-refractivity contribution is 7.17. The van der Waals surface area contributed by atoms with Gasteiger partial charge in [0.25, 0.3) is 5.91 Å². The van der Waals surface area contributed by atoms with Crippen molar-refractivity contribution in [3.8, 4) is 0 Å². The van der Waals surface area contributed by atoms with E-state index in [9.17, 15) is 9.59 Å². The molecule has 0 unspecified atom stereocenters. The van der Waals surface area contributed by atoms with Gasteiger partial charge in [-0.2, -0.15) is 0 Å². The molecule has 0 radical (unpaired) electrons. The molecular weight excluding hydrogens is 386 g/mol. The second-order valence-corrected chi connectivity index (χ2v) is 8.44. The molecule has 156 valence electrons. The number of rotatable bonds is 8. The molecule has 0 saturated heterocycles. The molecule has 1 aromatic carbocycles. The first-order valence-electron chi connectivity index (χ1n) is 10.2. The van der Waals surface area contributed by atoms with Crippen molar-refractivity contribution in [3.63, 3.8) is 0 Å². The van der Waals surface area contributed by atoms with Crippen molar-refractivity contribution in [1.82, 2.24) is 4.98 Å². The van der Waals surface area contributed by atoms with Crippen LogP contribution in [-0.4, -0.2) is 42.1 Å². The molecule has 1 fully saturated rings. The summed E-state index contributed by atoms with van der Waals surface area (Å²) in [6.45, 7) is 11.2. The van der Waals surface area contributed by atoms with Crippen molar-refractivity contribution >= 4 is 34.0 Å². The SMILES string of the molecule is CCOC(=O)c1sc(N(C(=O)c2ccc(N(CC)C(C)C)cc2)C2CC2)nc1C. The molecule has 7 heteroatoms. The van der Waals surface area contributed by atoms with Crippen LogP contribution in [0.25, 0.3) is 0 Å². The molecule has 2 aromatic rings. The van der Waals surface area contributed by atoms with E-state index >= 15 is 0 Å². The summed E-state index contributed by atoms with van der Waals surface area (Å²) in [6, 6.07) is 8.29. The Balaban J connectivity index is 1.86. The van der Waals surface area contributed by atoms with E-state index in [-0.39, 0.29) is 17.9 Å². The number of ether oxygens (including phenoxy) is 1. The quantitative estimate of drug-likeness (QED) is 0.586. The maximum Gasteiger partial charge on any atom is 0.350 e. The van der Waals surface area contributed by atoms with Gasteiger partial charge >= 0.3 is 5.97 Å². The zero-order valence-electron chi connectivity index (χ0n) is 17.8. The molecule has 0 N–H and O–H groups in total. The fourth-order valence-corrected chi connectivity index (χ4v) is 4.42. The third kappa shape index (κ3) is 4.61. The summed E-state index contributed by atoms with van der Waals surface area (Å²) in [5.41, 5.74) is 2.34. The number of aromatic nitrogens is 1. The first-order valence-corrected chi connectivity index (χ1v) is 11.0. The van der Waals surface area contributed by atoms with Gasteiger partial charge < -0.3 is 9.64 Å². The van der Waals surface area contributed by atoms with Crippen molar-refractivity contribution in [2.75, 3.05) is 23.0 Å². The molecule has 3 rings (SSSR count). The van der Waals surface area contributed by atoms with Crippen LogP contribution in [0, 0.1) is 6.92 Å². The highest BCUT2D eigenvalue weighted by Gasteiger charge is 2.37. The van der Waals surface area contributed by atoms with Crippen LogP contribution < -0.4 is 9.80 Å². The Kier molecular flexibility index (Phi) is 6.57. The summed E-state index contributed by atoms with van der Waals surface area (Å²) in [7, 11) is 0. The average molecular weight is 416 g/mol. The predicted octanol–water partition coefficient (Wildman–Crippen LogP) is 4.67. The highest BCUT2D eigenvalue weighted by atomic mass is 32.1. The maximum absolute atomic E-state index is 13.3. The Morgan fingerprint density at radius 3 is 2.38 bits per heavy atom. The van der Waals surface area contributed by atoms with Gasteiger partial charge in [0.15, 0.2) is 5.13 Å². The van der Waals surface area contributed by atoms with Crippen LogP contribution in [-0.2, 0) is 4.74 Å². The van der Waals surface area contributed by atoms with E-state index in [1.165, 1.54) is 11.3 Å². The Morgan fingerprint density at radius 1 is 1.21 bits per heavy atom. The third-order valence-corrected chi connectivity index (χ3v) is 6.13. The van der Waals surface area contributed by atoms with Crippen LogP contribution in [0.2, 0.25) is 0 Å². The smallest absolute Gasteiger partial charge is 0.350 e. The minimum atomic E-state index is -0.380. The van der Waals surface area contributed by atoms with Crippen molar-refractivity contribution in [2.24, 2.45) is 0 Å². The molecule has 0 bridgehead atoms.